The smallest absolute Gasteiger partial charge is 0.193 e. The molecule has 4 rings (SSSR count). The van der Waals surface area contributed by atoms with Crippen molar-refractivity contribution in [2.75, 3.05) is 59.6 Å². The van der Waals surface area contributed by atoms with Gasteiger partial charge in [0, 0.05) is 64.4 Å². The first-order chi connectivity index (χ1) is 13.2. The second-order valence-corrected chi connectivity index (χ2v) is 8.88. The summed E-state index contributed by atoms with van der Waals surface area (Å²) in [5.41, 5.74) is 0.357. The second-order valence-electron chi connectivity index (χ2n) is 8.88. The number of guanidine groups is 1. The summed E-state index contributed by atoms with van der Waals surface area (Å²) in [6.07, 6.45) is 8.13. The van der Waals surface area contributed by atoms with Gasteiger partial charge in [-0.15, -0.1) is 0 Å². The highest BCUT2D eigenvalue weighted by Crippen LogP contribution is 2.54. The Morgan fingerprint density at radius 3 is 2.63 bits per heavy atom. The minimum atomic E-state index is 0.357. The van der Waals surface area contributed by atoms with Crippen molar-refractivity contribution in [2.45, 2.75) is 57.6 Å². The largest absolute Gasteiger partial charge is 0.381 e. The second kappa shape index (κ2) is 8.66. The summed E-state index contributed by atoms with van der Waals surface area (Å²) in [6.45, 7) is 10.5. The van der Waals surface area contributed by atoms with Crippen LogP contribution in [0.4, 0.5) is 0 Å². The molecule has 2 aliphatic carbocycles. The van der Waals surface area contributed by atoms with Crippen molar-refractivity contribution >= 4 is 5.96 Å². The molecule has 2 saturated heterocycles. The number of rotatable bonds is 5. The molecule has 0 aromatic carbocycles. The van der Waals surface area contributed by atoms with Crippen LogP contribution in [0.25, 0.3) is 0 Å². The normalized spacial score (nSPS) is 34.2. The van der Waals surface area contributed by atoms with Crippen LogP contribution in [-0.2, 0) is 9.47 Å². The van der Waals surface area contributed by atoms with E-state index in [9.17, 15) is 0 Å². The van der Waals surface area contributed by atoms with E-state index in [0.717, 1.165) is 64.3 Å². The van der Waals surface area contributed by atoms with Crippen LogP contribution >= 0.6 is 0 Å². The lowest BCUT2D eigenvalue weighted by Crippen LogP contribution is -2.66. The van der Waals surface area contributed by atoms with E-state index in [1.807, 2.05) is 7.05 Å². The standard InChI is InChI=1S/C21H38N4O2/c1-3-27-19-14-18(21(19)7-4-5-8-21)23-20(22-2)25-11-9-24(10-12-25)15-17-6-13-26-16-17/h17-19H,3-16H2,1-2H3,(H,22,23). The van der Waals surface area contributed by atoms with Gasteiger partial charge in [0.1, 0.15) is 0 Å². The number of nitrogens with one attached hydrogen (secondary N) is 1. The maximum atomic E-state index is 6.07. The van der Waals surface area contributed by atoms with Crippen LogP contribution in [0, 0.1) is 11.3 Å². The summed E-state index contributed by atoms with van der Waals surface area (Å²) in [4.78, 5) is 9.70. The molecule has 154 valence electrons. The number of ether oxygens (including phenoxy) is 2. The number of nitrogens with zero attached hydrogens (tertiary/aromatic N) is 3. The molecule has 3 unspecified atom stereocenters. The zero-order valence-corrected chi connectivity index (χ0v) is 17.3. The Balaban J connectivity index is 1.28. The number of hydrogen-bond donors (Lipinski definition) is 1. The molecule has 0 bridgehead atoms. The van der Waals surface area contributed by atoms with Crippen molar-refractivity contribution in [1.82, 2.24) is 15.1 Å². The Hall–Kier alpha value is -0.850. The summed E-state index contributed by atoms with van der Waals surface area (Å²) < 4.78 is 11.6. The molecule has 0 aromatic rings. The van der Waals surface area contributed by atoms with Crippen LogP contribution in [0.1, 0.15) is 45.4 Å². The van der Waals surface area contributed by atoms with Gasteiger partial charge in [-0.2, -0.15) is 0 Å². The third-order valence-corrected chi connectivity index (χ3v) is 7.41. The summed E-state index contributed by atoms with van der Waals surface area (Å²) >= 11 is 0. The lowest BCUT2D eigenvalue weighted by Gasteiger charge is -2.55. The third-order valence-electron chi connectivity index (χ3n) is 7.41. The van der Waals surface area contributed by atoms with Gasteiger partial charge < -0.3 is 19.7 Å². The van der Waals surface area contributed by atoms with Gasteiger partial charge in [0.05, 0.1) is 12.7 Å². The van der Waals surface area contributed by atoms with Gasteiger partial charge in [-0.05, 0) is 38.5 Å². The molecule has 27 heavy (non-hydrogen) atoms. The highest BCUT2D eigenvalue weighted by atomic mass is 16.5. The monoisotopic (exact) mass is 378 g/mol. The van der Waals surface area contributed by atoms with Gasteiger partial charge in [0.2, 0.25) is 0 Å². The van der Waals surface area contributed by atoms with Crippen molar-refractivity contribution in [3.63, 3.8) is 0 Å². The zero-order valence-electron chi connectivity index (χ0n) is 17.3. The lowest BCUT2D eigenvalue weighted by molar-refractivity contribution is -0.126. The van der Waals surface area contributed by atoms with E-state index in [-0.39, 0.29) is 0 Å². The van der Waals surface area contributed by atoms with Gasteiger partial charge in [-0.25, -0.2) is 0 Å². The third kappa shape index (κ3) is 3.99. The average Bonchev–Trinajstić information content (AvgIpc) is 3.38. The maximum Gasteiger partial charge on any atom is 0.193 e. The molecular formula is C21H38N4O2. The van der Waals surface area contributed by atoms with Crippen LogP contribution in [-0.4, -0.2) is 87.5 Å². The Morgan fingerprint density at radius 2 is 2.00 bits per heavy atom. The molecule has 3 atom stereocenters. The fourth-order valence-electron chi connectivity index (χ4n) is 5.78. The predicted molar refractivity (Wildman–Crippen MR) is 108 cm³/mol. The maximum absolute atomic E-state index is 6.07. The predicted octanol–water partition coefficient (Wildman–Crippen LogP) is 1.95. The molecule has 0 aromatic heterocycles. The fourth-order valence-corrected chi connectivity index (χ4v) is 5.78. The molecular weight excluding hydrogens is 340 g/mol. The van der Waals surface area contributed by atoms with Crippen molar-refractivity contribution < 1.29 is 9.47 Å². The van der Waals surface area contributed by atoms with Crippen molar-refractivity contribution in [3.8, 4) is 0 Å². The van der Waals surface area contributed by atoms with Crippen molar-refractivity contribution in [1.29, 1.82) is 0 Å². The van der Waals surface area contributed by atoms with E-state index in [2.05, 4.69) is 27.0 Å². The molecule has 6 heteroatoms. The van der Waals surface area contributed by atoms with Gasteiger partial charge >= 0.3 is 0 Å². The van der Waals surface area contributed by atoms with E-state index in [1.54, 1.807) is 0 Å². The minimum absolute atomic E-state index is 0.357. The average molecular weight is 379 g/mol. The topological polar surface area (TPSA) is 49.3 Å². The Bertz CT molecular complexity index is 506. The van der Waals surface area contributed by atoms with Crippen LogP contribution < -0.4 is 5.32 Å². The van der Waals surface area contributed by atoms with Gasteiger partial charge in [0.25, 0.3) is 0 Å². The fraction of sp³-hybridized carbons (Fsp3) is 0.952. The Labute approximate surface area is 164 Å². The summed E-state index contributed by atoms with van der Waals surface area (Å²) in [5, 5.41) is 3.84. The highest BCUT2D eigenvalue weighted by Gasteiger charge is 2.57. The van der Waals surface area contributed by atoms with E-state index >= 15 is 0 Å². The van der Waals surface area contributed by atoms with Gasteiger partial charge in [-0.3, -0.25) is 9.89 Å². The van der Waals surface area contributed by atoms with E-state index in [1.165, 1.54) is 38.6 Å². The SMILES string of the molecule is CCOC1CC(NC(=NC)N2CCN(CC3CCOC3)CC2)C12CCCC2. The lowest BCUT2D eigenvalue weighted by atomic mass is 9.60. The minimum Gasteiger partial charge on any atom is -0.381 e. The molecule has 2 saturated carbocycles. The van der Waals surface area contributed by atoms with Crippen LogP contribution in [0.5, 0.6) is 0 Å². The molecule has 1 N–H and O–H groups in total. The van der Waals surface area contributed by atoms with Crippen LogP contribution in [0.3, 0.4) is 0 Å². The number of hydrogen-bond acceptors (Lipinski definition) is 4. The van der Waals surface area contributed by atoms with E-state index in [4.69, 9.17) is 9.47 Å². The van der Waals surface area contributed by atoms with Crippen molar-refractivity contribution in [3.05, 3.63) is 0 Å². The molecule has 6 nitrogen and oxygen atoms in total. The van der Waals surface area contributed by atoms with Crippen LogP contribution in [0.2, 0.25) is 0 Å². The van der Waals surface area contributed by atoms with Crippen molar-refractivity contribution in [2.24, 2.45) is 16.3 Å². The molecule has 1 spiro atoms. The van der Waals surface area contributed by atoms with E-state index in [0.29, 0.717) is 17.6 Å². The Morgan fingerprint density at radius 1 is 1.22 bits per heavy atom. The van der Waals surface area contributed by atoms with Gasteiger partial charge in [-0.1, -0.05) is 12.8 Å². The first-order valence-electron chi connectivity index (χ1n) is 11.1. The first-order valence-corrected chi connectivity index (χ1v) is 11.1. The molecule has 0 radical (unpaired) electrons. The molecule has 2 heterocycles. The summed E-state index contributed by atoms with van der Waals surface area (Å²) in [6, 6.07) is 0.531. The number of aliphatic imine (C=N–C) groups is 1. The Kier molecular flexibility index (Phi) is 6.25. The quantitative estimate of drug-likeness (QED) is 0.585. The molecule has 2 aliphatic heterocycles. The molecule has 4 fully saturated rings. The summed E-state index contributed by atoms with van der Waals surface area (Å²) in [7, 11) is 1.94. The zero-order chi connectivity index (χ0) is 18.7. The first kappa shape index (κ1) is 19.5. The highest BCUT2D eigenvalue weighted by molar-refractivity contribution is 5.80. The van der Waals surface area contributed by atoms with Crippen LogP contribution in [0.15, 0.2) is 4.99 Å². The van der Waals surface area contributed by atoms with Gasteiger partial charge in [0.15, 0.2) is 5.96 Å². The summed E-state index contributed by atoms with van der Waals surface area (Å²) in [5.74, 6) is 1.84. The molecule has 0 amide bonds. The number of piperazine rings is 1. The van der Waals surface area contributed by atoms with E-state index < -0.39 is 0 Å². The molecule has 4 aliphatic rings.